The summed E-state index contributed by atoms with van der Waals surface area (Å²) >= 11 is 0. The maximum Gasteiger partial charge on any atom is 0.432 e. The summed E-state index contributed by atoms with van der Waals surface area (Å²) in [4.78, 5) is 12.8. The average Bonchev–Trinajstić information content (AvgIpc) is 3.37. The lowest BCUT2D eigenvalue weighted by Gasteiger charge is -2.33. The first kappa shape index (κ1) is 19.4. The fourth-order valence-corrected chi connectivity index (χ4v) is 3.07. The first-order valence-corrected chi connectivity index (χ1v) is 8.40. The second-order valence-corrected chi connectivity index (χ2v) is 6.29. The Hall–Kier alpha value is -2.38. The van der Waals surface area contributed by atoms with Crippen molar-refractivity contribution in [3.8, 4) is 0 Å². The lowest BCUT2D eigenvalue weighted by Crippen LogP contribution is -2.52. The van der Waals surface area contributed by atoms with Gasteiger partial charge >= 0.3 is 12.1 Å². The first-order valence-electron chi connectivity index (χ1n) is 8.40. The third-order valence-electron chi connectivity index (χ3n) is 4.59. The predicted molar refractivity (Wildman–Crippen MR) is 90.8 cm³/mol. The lowest BCUT2D eigenvalue weighted by atomic mass is 9.92. The molecule has 1 aliphatic rings. The molecule has 27 heavy (non-hydrogen) atoms. The molecule has 0 amide bonds. The number of carbonyl (C=O) groups is 1. The molecule has 0 saturated carbocycles. The molecule has 144 valence electrons. The molecule has 0 bridgehead atoms. The number of ether oxygens (including phenoxy) is 3. The van der Waals surface area contributed by atoms with Gasteiger partial charge in [0.25, 0.3) is 5.60 Å². The fraction of sp³-hybridized carbons (Fsp3) is 0.350. The van der Waals surface area contributed by atoms with Crippen LogP contribution in [0.25, 0.3) is 0 Å². The van der Waals surface area contributed by atoms with E-state index in [2.05, 4.69) is 0 Å². The number of benzene rings is 2. The number of rotatable bonds is 6. The predicted octanol–water partition coefficient (Wildman–Crippen LogP) is 4.16. The Morgan fingerprint density at radius 1 is 1.04 bits per heavy atom. The Morgan fingerprint density at radius 3 is 2.00 bits per heavy atom. The van der Waals surface area contributed by atoms with Crippen LogP contribution in [0.3, 0.4) is 0 Å². The van der Waals surface area contributed by atoms with Gasteiger partial charge in [0.2, 0.25) is 0 Å². The zero-order chi connectivity index (χ0) is 19.7. The highest BCUT2D eigenvalue weighted by Gasteiger charge is 2.65. The van der Waals surface area contributed by atoms with Gasteiger partial charge in [-0.2, -0.15) is 13.2 Å². The Labute approximate surface area is 154 Å². The number of hydrogen-bond donors (Lipinski definition) is 0. The van der Waals surface area contributed by atoms with Crippen LogP contribution in [-0.2, 0) is 24.6 Å². The molecule has 2 aromatic carbocycles. The van der Waals surface area contributed by atoms with E-state index in [4.69, 9.17) is 14.2 Å². The minimum atomic E-state index is -5.02. The van der Waals surface area contributed by atoms with Crippen molar-refractivity contribution in [3.05, 3.63) is 71.8 Å². The first-order chi connectivity index (χ1) is 12.8. The van der Waals surface area contributed by atoms with E-state index in [-0.39, 0.29) is 11.7 Å². The molecule has 0 N–H and O–H groups in total. The lowest BCUT2D eigenvalue weighted by molar-refractivity contribution is -0.278. The highest BCUT2D eigenvalue weighted by Crippen LogP contribution is 2.45. The second-order valence-electron chi connectivity index (χ2n) is 6.29. The summed E-state index contributed by atoms with van der Waals surface area (Å²) in [5.74, 6) is -1.53. The summed E-state index contributed by atoms with van der Waals surface area (Å²) in [5.41, 5.74) is -3.01. The van der Waals surface area contributed by atoms with E-state index in [1.807, 2.05) is 0 Å². The van der Waals surface area contributed by atoms with E-state index >= 15 is 0 Å². The molecule has 1 aliphatic heterocycles. The number of halogens is 3. The molecule has 1 saturated heterocycles. The van der Waals surface area contributed by atoms with Gasteiger partial charge in [0, 0.05) is 12.7 Å². The maximum absolute atomic E-state index is 14.0. The molecule has 0 aliphatic carbocycles. The van der Waals surface area contributed by atoms with Gasteiger partial charge in [0.05, 0.1) is 6.10 Å². The Kier molecular flexibility index (Phi) is 5.26. The van der Waals surface area contributed by atoms with Crippen molar-refractivity contribution < 1.29 is 32.2 Å². The van der Waals surface area contributed by atoms with E-state index in [0.29, 0.717) is 5.56 Å². The second kappa shape index (κ2) is 7.32. The molecule has 4 nitrogen and oxygen atoms in total. The summed E-state index contributed by atoms with van der Waals surface area (Å²) in [6.07, 6.45) is -6.70. The Balaban J connectivity index is 1.99. The molecule has 4 atom stereocenters. The number of methoxy groups -OCH3 is 1. The number of carbonyl (C=O) groups excluding carboxylic acids is 1. The number of hydrogen-bond acceptors (Lipinski definition) is 4. The van der Waals surface area contributed by atoms with Crippen molar-refractivity contribution in [1.29, 1.82) is 0 Å². The molecule has 7 heteroatoms. The highest BCUT2D eigenvalue weighted by atomic mass is 19.4. The van der Waals surface area contributed by atoms with Gasteiger partial charge in [-0.05, 0) is 12.5 Å². The molecule has 0 aromatic heterocycles. The van der Waals surface area contributed by atoms with Crippen LogP contribution in [0, 0.1) is 0 Å². The summed E-state index contributed by atoms with van der Waals surface area (Å²) in [6.45, 7) is 1.76. The smallest absolute Gasteiger partial charge is 0.432 e. The van der Waals surface area contributed by atoms with Gasteiger partial charge < -0.3 is 14.2 Å². The van der Waals surface area contributed by atoms with Crippen molar-refractivity contribution in [2.24, 2.45) is 0 Å². The Morgan fingerprint density at radius 2 is 1.56 bits per heavy atom. The van der Waals surface area contributed by atoms with Crippen LogP contribution in [0.1, 0.15) is 24.2 Å². The maximum atomic E-state index is 14.0. The van der Waals surface area contributed by atoms with Crippen LogP contribution < -0.4 is 0 Å². The molecule has 3 rings (SSSR count). The van der Waals surface area contributed by atoms with Crippen molar-refractivity contribution in [2.45, 2.75) is 37.0 Å². The van der Waals surface area contributed by atoms with Crippen molar-refractivity contribution in [1.82, 2.24) is 0 Å². The van der Waals surface area contributed by atoms with Gasteiger partial charge in [0.1, 0.15) is 6.10 Å². The minimum Gasteiger partial charge on any atom is -0.452 e. The Bertz CT molecular complexity index is 779. The summed E-state index contributed by atoms with van der Waals surface area (Å²) in [5, 5.41) is 0. The van der Waals surface area contributed by atoms with E-state index in [1.54, 1.807) is 43.3 Å². The van der Waals surface area contributed by atoms with E-state index < -0.39 is 30.0 Å². The van der Waals surface area contributed by atoms with Crippen molar-refractivity contribution in [3.63, 3.8) is 0 Å². The summed E-state index contributed by atoms with van der Waals surface area (Å²) < 4.78 is 57.5. The van der Waals surface area contributed by atoms with Crippen LogP contribution in [0.15, 0.2) is 60.7 Å². The van der Waals surface area contributed by atoms with Gasteiger partial charge in [-0.3, -0.25) is 0 Å². The molecule has 1 fully saturated rings. The fourth-order valence-electron chi connectivity index (χ4n) is 3.07. The van der Waals surface area contributed by atoms with Crippen LogP contribution in [0.2, 0.25) is 0 Å². The number of epoxide rings is 1. The number of alkyl halides is 3. The van der Waals surface area contributed by atoms with Gasteiger partial charge in [-0.1, -0.05) is 60.7 Å². The third kappa shape index (κ3) is 3.57. The van der Waals surface area contributed by atoms with E-state index in [1.165, 1.54) is 24.3 Å². The quantitative estimate of drug-likeness (QED) is 0.558. The molecule has 0 unspecified atom stereocenters. The van der Waals surface area contributed by atoms with E-state index in [0.717, 1.165) is 7.11 Å². The van der Waals surface area contributed by atoms with Gasteiger partial charge in [-0.15, -0.1) is 0 Å². The van der Waals surface area contributed by atoms with Crippen molar-refractivity contribution in [2.75, 3.05) is 7.11 Å². The molecule has 0 radical (unpaired) electrons. The van der Waals surface area contributed by atoms with E-state index in [9.17, 15) is 18.0 Å². The monoisotopic (exact) mass is 380 g/mol. The van der Waals surface area contributed by atoms with Crippen molar-refractivity contribution >= 4 is 5.97 Å². The minimum absolute atomic E-state index is 0.220. The summed E-state index contributed by atoms with van der Waals surface area (Å²) in [7, 11) is 0.843. The van der Waals surface area contributed by atoms with Gasteiger partial charge in [-0.25, -0.2) is 4.79 Å². The number of esters is 1. The topological polar surface area (TPSA) is 48.1 Å². The van der Waals surface area contributed by atoms with Crippen LogP contribution in [0.4, 0.5) is 13.2 Å². The molecular weight excluding hydrogens is 361 g/mol. The van der Waals surface area contributed by atoms with Gasteiger partial charge in [0.15, 0.2) is 6.10 Å². The zero-order valence-corrected chi connectivity index (χ0v) is 14.8. The van der Waals surface area contributed by atoms with Crippen LogP contribution >= 0.6 is 0 Å². The standard InChI is InChI=1S/C20H19F3O4/c1-13-16(26-13)17(14-9-5-3-6-10-14)27-18(24)19(25-2,20(21,22)23)15-11-7-4-8-12-15/h3-13,16-17H,1-2H3/t13-,16+,17+,19-/m0/s1. The highest BCUT2D eigenvalue weighted by molar-refractivity contribution is 5.83. The normalized spacial score (nSPS) is 22.6. The third-order valence-corrected chi connectivity index (χ3v) is 4.59. The molecule has 0 spiro atoms. The molecular formula is C20H19F3O4. The largest absolute Gasteiger partial charge is 0.452 e. The molecule has 2 aromatic rings. The van der Waals surface area contributed by atoms with Crippen LogP contribution in [-0.4, -0.2) is 31.5 Å². The average molecular weight is 380 g/mol. The zero-order valence-electron chi connectivity index (χ0n) is 14.8. The molecule has 1 heterocycles. The summed E-state index contributed by atoms with van der Waals surface area (Å²) in [6, 6.07) is 15.3. The SMILES string of the molecule is CO[C@](C(=O)O[C@H](c1ccccc1)[C@@H]1O[C@H]1C)(c1ccccc1)C(F)(F)F. The van der Waals surface area contributed by atoms with Crippen LogP contribution in [0.5, 0.6) is 0 Å².